The molecule has 20 heavy (non-hydrogen) atoms. The zero-order valence-corrected chi connectivity index (χ0v) is 11.3. The van der Waals surface area contributed by atoms with Gasteiger partial charge in [0, 0.05) is 12.1 Å². The van der Waals surface area contributed by atoms with Gasteiger partial charge in [-0.25, -0.2) is 0 Å². The predicted octanol–water partition coefficient (Wildman–Crippen LogP) is 2.67. The van der Waals surface area contributed by atoms with E-state index < -0.39 is 15.0 Å². The van der Waals surface area contributed by atoms with Crippen molar-refractivity contribution >= 4 is 15.8 Å². The molecule has 0 saturated carbocycles. The first-order valence-electron chi connectivity index (χ1n) is 5.64. The van der Waals surface area contributed by atoms with Crippen LogP contribution in [0, 0.1) is 17.0 Å². The second-order valence-electron chi connectivity index (χ2n) is 4.10. The van der Waals surface area contributed by atoms with E-state index in [1.165, 1.54) is 6.07 Å². The Morgan fingerprint density at radius 3 is 2.30 bits per heavy atom. The van der Waals surface area contributed by atoms with E-state index in [4.69, 9.17) is 4.18 Å². The average molecular weight is 293 g/mol. The Kier molecular flexibility index (Phi) is 3.71. The summed E-state index contributed by atoms with van der Waals surface area (Å²) < 4.78 is 29.0. The molecule has 0 spiro atoms. The summed E-state index contributed by atoms with van der Waals surface area (Å²) in [5.41, 5.74) is 0.681. The average Bonchev–Trinajstić information content (AvgIpc) is 2.38. The third-order valence-electron chi connectivity index (χ3n) is 2.53. The van der Waals surface area contributed by atoms with Gasteiger partial charge >= 0.3 is 10.1 Å². The number of hydrogen-bond acceptors (Lipinski definition) is 5. The molecule has 0 aliphatic rings. The standard InChI is InChI=1S/C13H11NO5S/c1-10-3-2-4-12(9-10)19-20(17,18)13-7-5-11(6-8-13)14(15)16/h2-9H,1H3. The van der Waals surface area contributed by atoms with Crippen LogP contribution in [0.15, 0.2) is 53.4 Å². The Balaban J connectivity index is 2.28. The number of nitro groups is 1. The zero-order chi connectivity index (χ0) is 14.8. The number of nitrogens with zero attached hydrogens (tertiary/aromatic N) is 1. The molecule has 6 nitrogen and oxygen atoms in total. The van der Waals surface area contributed by atoms with Gasteiger partial charge in [0.1, 0.15) is 10.6 Å². The monoisotopic (exact) mass is 293 g/mol. The van der Waals surface area contributed by atoms with Crippen LogP contribution in [0.25, 0.3) is 0 Å². The van der Waals surface area contributed by atoms with Crippen molar-refractivity contribution in [2.75, 3.05) is 0 Å². The van der Waals surface area contributed by atoms with Crippen molar-refractivity contribution < 1.29 is 17.5 Å². The molecular weight excluding hydrogens is 282 g/mol. The highest BCUT2D eigenvalue weighted by molar-refractivity contribution is 7.87. The summed E-state index contributed by atoms with van der Waals surface area (Å²) in [6.45, 7) is 1.81. The van der Waals surface area contributed by atoms with Gasteiger partial charge in [0.05, 0.1) is 4.92 Å². The molecule has 0 fully saturated rings. The molecule has 0 aliphatic heterocycles. The summed E-state index contributed by atoms with van der Waals surface area (Å²) in [6.07, 6.45) is 0. The lowest BCUT2D eigenvalue weighted by Gasteiger charge is -2.07. The molecule has 2 aromatic rings. The Hall–Kier alpha value is -2.41. The molecule has 0 heterocycles. The quantitative estimate of drug-likeness (QED) is 0.491. The van der Waals surface area contributed by atoms with Crippen molar-refractivity contribution in [3.63, 3.8) is 0 Å². The first-order chi connectivity index (χ1) is 9.38. The summed E-state index contributed by atoms with van der Waals surface area (Å²) in [7, 11) is -4.00. The molecule has 0 bridgehead atoms. The number of aryl methyl sites for hydroxylation is 1. The van der Waals surface area contributed by atoms with Crippen molar-refractivity contribution in [1.29, 1.82) is 0 Å². The van der Waals surface area contributed by atoms with Crippen LogP contribution in [0.1, 0.15) is 5.56 Å². The molecular formula is C13H11NO5S. The summed E-state index contributed by atoms with van der Waals surface area (Å²) >= 11 is 0. The zero-order valence-electron chi connectivity index (χ0n) is 10.5. The van der Waals surface area contributed by atoms with E-state index in [2.05, 4.69) is 0 Å². The number of nitro benzene ring substituents is 1. The number of hydrogen-bond donors (Lipinski definition) is 0. The van der Waals surface area contributed by atoms with Crippen molar-refractivity contribution in [1.82, 2.24) is 0 Å². The van der Waals surface area contributed by atoms with Crippen molar-refractivity contribution in [3.05, 3.63) is 64.2 Å². The molecule has 7 heteroatoms. The molecule has 0 unspecified atom stereocenters. The highest BCUT2D eigenvalue weighted by Gasteiger charge is 2.18. The Morgan fingerprint density at radius 1 is 1.10 bits per heavy atom. The van der Waals surface area contributed by atoms with Gasteiger partial charge in [0.15, 0.2) is 0 Å². The Labute approximate surface area is 115 Å². The van der Waals surface area contributed by atoms with E-state index in [-0.39, 0.29) is 16.3 Å². The van der Waals surface area contributed by atoms with Gasteiger partial charge in [-0.2, -0.15) is 8.42 Å². The van der Waals surface area contributed by atoms with Gasteiger partial charge in [-0.05, 0) is 36.8 Å². The summed E-state index contributed by atoms with van der Waals surface area (Å²) in [6, 6.07) is 11.1. The number of non-ortho nitro benzene ring substituents is 1. The summed E-state index contributed by atoms with van der Waals surface area (Å²) in [4.78, 5) is 9.78. The molecule has 0 saturated heterocycles. The molecule has 0 radical (unpaired) electrons. The summed E-state index contributed by atoms with van der Waals surface area (Å²) in [5.74, 6) is 0.198. The fourth-order valence-corrected chi connectivity index (χ4v) is 2.50. The van der Waals surface area contributed by atoms with Crippen LogP contribution in [0.2, 0.25) is 0 Å². The van der Waals surface area contributed by atoms with Crippen molar-refractivity contribution in [2.45, 2.75) is 11.8 Å². The first-order valence-corrected chi connectivity index (χ1v) is 7.05. The lowest BCUT2D eigenvalue weighted by atomic mass is 10.2. The van der Waals surface area contributed by atoms with Crippen LogP contribution in [0.5, 0.6) is 5.75 Å². The van der Waals surface area contributed by atoms with E-state index in [1.54, 1.807) is 12.1 Å². The molecule has 2 rings (SSSR count). The van der Waals surface area contributed by atoms with Gasteiger partial charge in [0.2, 0.25) is 0 Å². The fourth-order valence-electron chi connectivity index (χ4n) is 1.58. The normalized spacial score (nSPS) is 11.1. The lowest BCUT2D eigenvalue weighted by molar-refractivity contribution is -0.384. The predicted molar refractivity (Wildman–Crippen MR) is 72.1 cm³/mol. The molecule has 0 amide bonds. The third kappa shape index (κ3) is 3.12. The molecule has 0 aromatic heterocycles. The Bertz CT molecular complexity index is 738. The van der Waals surface area contributed by atoms with Gasteiger partial charge < -0.3 is 4.18 Å². The van der Waals surface area contributed by atoms with Crippen LogP contribution in [0.3, 0.4) is 0 Å². The minimum atomic E-state index is -4.00. The molecule has 104 valence electrons. The van der Waals surface area contributed by atoms with E-state index in [1.807, 2.05) is 13.0 Å². The molecule has 0 aliphatic carbocycles. The third-order valence-corrected chi connectivity index (χ3v) is 3.79. The highest BCUT2D eigenvalue weighted by atomic mass is 32.2. The number of benzene rings is 2. The van der Waals surface area contributed by atoms with Crippen molar-refractivity contribution in [3.8, 4) is 5.75 Å². The van der Waals surface area contributed by atoms with Gasteiger partial charge in [-0.1, -0.05) is 12.1 Å². The van der Waals surface area contributed by atoms with E-state index >= 15 is 0 Å². The Morgan fingerprint density at radius 2 is 1.75 bits per heavy atom. The lowest BCUT2D eigenvalue weighted by Crippen LogP contribution is -2.09. The van der Waals surface area contributed by atoms with E-state index in [0.29, 0.717) is 0 Å². The van der Waals surface area contributed by atoms with Gasteiger partial charge in [0.25, 0.3) is 5.69 Å². The van der Waals surface area contributed by atoms with Crippen LogP contribution in [-0.2, 0) is 10.1 Å². The maximum atomic E-state index is 12.0. The smallest absolute Gasteiger partial charge is 0.339 e. The molecule has 0 N–H and O–H groups in total. The van der Waals surface area contributed by atoms with Crippen LogP contribution < -0.4 is 4.18 Å². The molecule has 0 atom stereocenters. The van der Waals surface area contributed by atoms with Gasteiger partial charge in [-0.15, -0.1) is 0 Å². The fraction of sp³-hybridized carbons (Fsp3) is 0.0769. The van der Waals surface area contributed by atoms with Crippen LogP contribution in [0.4, 0.5) is 5.69 Å². The second-order valence-corrected chi connectivity index (χ2v) is 5.65. The second kappa shape index (κ2) is 5.30. The molecule has 2 aromatic carbocycles. The summed E-state index contributed by atoms with van der Waals surface area (Å²) in [5, 5.41) is 10.5. The first kappa shape index (κ1) is 14.0. The maximum Gasteiger partial charge on any atom is 0.339 e. The minimum absolute atomic E-state index is 0.135. The van der Waals surface area contributed by atoms with Crippen LogP contribution in [-0.4, -0.2) is 13.3 Å². The largest absolute Gasteiger partial charge is 0.379 e. The van der Waals surface area contributed by atoms with Crippen LogP contribution >= 0.6 is 0 Å². The topological polar surface area (TPSA) is 86.5 Å². The van der Waals surface area contributed by atoms with Crippen molar-refractivity contribution in [2.24, 2.45) is 0 Å². The van der Waals surface area contributed by atoms with E-state index in [0.717, 1.165) is 29.8 Å². The number of rotatable bonds is 4. The van der Waals surface area contributed by atoms with Gasteiger partial charge in [-0.3, -0.25) is 10.1 Å². The highest BCUT2D eigenvalue weighted by Crippen LogP contribution is 2.21. The van der Waals surface area contributed by atoms with E-state index in [9.17, 15) is 18.5 Å². The maximum absolute atomic E-state index is 12.0. The SMILES string of the molecule is Cc1cccc(OS(=O)(=O)c2ccc([N+](=O)[O-])cc2)c1. The minimum Gasteiger partial charge on any atom is -0.379 e.